The Kier molecular flexibility index (Phi) is 4.12. The van der Waals surface area contributed by atoms with Crippen molar-refractivity contribution < 1.29 is 9.59 Å². The minimum absolute atomic E-state index is 0.328. The molecular weight excluding hydrogens is 276 g/mol. The van der Waals surface area contributed by atoms with Crippen LogP contribution in [-0.4, -0.2) is 29.6 Å². The number of aromatic amines is 1. The molecule has 0 spiro atoms. The van der Waals surface area contributed by atoms with E-state index in [1.54, 1.807) is 0 Å². The van der Waals surface area contributed by atoms with Crippen LogP contribution < -0.4 is 5.32 Å². The lowest BCUT2D eigenvalue weighted by molar-refractivity contribution is -0.130. The Bertz CT molecular complexity index is 704. The third-order valence-corrected chi connectivity index (χ3v) is 4.80. The van der Waals surface area contributed by atoms with Crippen molar-refractivity contribution in [1.82, 2.24) is 10.3 Å². The molecule has 4 nitrogen and oxygen atoms in total. The first-order chi connectivity index (χ1) is 10.6. The fourth-order valence-electron chi connectivity index (χ4n) is 3.57. The van der Waals surface area contributed by atoms with Gasteiger partial charge < -0.3 is 10.3 Å². The molecule has 2 heterocycles. The molecule has 22 heavy (non-hydrogen) atoms. The van der Waals surface area contributed by atoms with Gasteiger partial charge in [0, 0.05) is 35.6 Å². The summed E-state index contributed by atoms with van der Waals surface area (Å²) in [7, 11) is 0. The normalized spacial score (nSPS) is 22.8. The average molecular weight is 298 g/mol. The Morgan fingerprint density at radius 2 is 2.27 bits per heavy atom. The van der Waals surface area contributed by atoms with Gasteiger partial charge in [-0.25, -0.2) is 0 Å². The molecule has 0 bridgehead atoms. The van der Waals surface area contributed by atoms with Crippen LogP contribution in [0.25, 0.3) is 10.9 Å². The standard InChI is InChI=1S/C18H22N2O2/c1-3-14(18(22)10-21)12-4-5-17-15(7-12)16(9-20-17)13-6-11(2)19-8-13/h4-5,7,9-11,13-14,19-20H,3,6,8H2,1-2H3. The monoisotopic (exact) mass is 298 g/mol. The first-order valence-electron chi connectivity index (χ1n) is 7.97. The summed E-state index contributed by atoms with van der Waals surface area (Å²) in [4.78, 5) is 26.0. The lowest BCUT2D eigenvalue weighted by Gasteiger charge is -2.12. The third-order valence-electron chi connectivity index (χ3n) is 4.80. The van der Waals surface area contributed by atoms with Gasteiger partial charge in [0.2, 0.25) is 5.78 Å². The lowest BCUT2D eigenvalue weighted by Crippen LogP contribution is -2.16. The van der Waals surface area contributed by atoms with E-state index in [4.69, 9.17) is 0 Å². The van der Waals surface area contributed by atoms with Crippen molar-refractivity contribution in [3.8, 4) is 0 Å². The van der Waals surface area contributed by atoms with Crippen LogP contribution in [0.5, 0.6) is 0 Å². The molecule has 3 rings (SSSR count). The minimum atomic E-state index is -0.338. The Balaban J connectivity index is 2.01. The number of Topliss-reactive ketones (excluding diaryl/α,β-unsaturated/α-hetero) is 1. The van der Waals surface area contributed by atoms with Gasteiger partial charge in [0.25, 0.3) is 0 Å². The highest BCUT2D eigenvalue weighted by molar-refractivity contribution is 6.27. The van der Waals surface area contributed by atoms with E-state index in [2.05, 4.69) is 29.5 Å². The van der Waals surface area contributed by atoms with Crippen LogP contribution in [-0.2, 0) is 9.59 Å². The molecule has 2 aromatic rings. The number of benzene rings is 1. The number of aromatic nitrogens is 1. The maximum atomic E-state index is 11.8. The summed E-state index contributed by atoms with van der Waals surface area (Å²) in [6, 6.07) is 6.59. The summed E-state index contributed by atoms with van der Waals surface area (Å²) < 4.78 is 0. The number of nitrogens with one attached hydrogen (secondary N) is 2. The van der Waals surface area contributed by atoms with Crippen LogP contribution in [0, 0.1) is 0 Å². The predicted octanol–water partition coefficient (Wildman–Crippen LogP) is 2.89. The van der Waals surface area contributed by atoms with Crippen LogP contribution in [0.4, 0.5) is 0 Å². The molecule has 4 heteroatoms. The fourth-order valence-corrected chi connectivity index (χ4v) is 3.57. The van der Waals surface area contributed by atoms with Crippen molar-refractivity contribution in [2.24, 2.45) is 0 Å². The maximum absolute atomic E-state index is 11.8. The number of hydrogen-bond donors (Lipinski definition) is 2. The number of H-pyrrole nitrogens is 1. The summed E-state index contributed by atoms with van der Waals surface area (Å²) in [5, 5.41) is 4.66. The molecule has 1 fully saturated rings. The van der Waals surface area contributed by atoms with E-state index in [-0.39, 0.29) is 11.7 Å². The topological polar surface area (TPSA) is 62.0 Å². The number of hydrogen-bond acceptors (Lipinski definition) is 3. The van der Waals surface area contributed by atoms with E-state index in [1.807, 2.05) is 19.1 Å². The largest absolute Gasteiger partial charge is 0.361 e. The van der Waals surface area contributed by atoms with Crippen molar-refractivity contribution >= 4 is 23.0 Å². The van der Waals surface area contributed by atoms with Gasteiger partial charge in [-0.15, -0.1) is 0 Å². The second-order valence-electron chi connectivity index (χ2n) is 6.27. The predicted molar refractivity (Wildman–Crippen MR) is 87.2 cm³/mol. The van der Waals surface area contributed by atoms with E-state index in [9.17, 15) is 9.59 Å². The van der Waals surface area contributed by atoms with E-state index in [1.165, 1.54) is 10.9 Å². The van der Waals surface area contributed by atoms with Crippen molar-refractivity contribution in [1.29, 1.82) is 0 Å². The van der Waals surface area contributed by atoms with Crippen molar-refractivity contribution in [3.63, 3.8) is 0 Å². The zero-order valence-corrected chi connectivity index (χ0v) is 13.1. The van der Waals surface area contributed by atoms with Gasteiger partial charge in [0.05, 0.1) is 0 Å². The van der Waals surface area contributed by atoms with Gasteiger partial charge in [-0.3, -0.25) is 9.59 Å². The molecule has 3 unspecified atom stereocenters. The Morgan fingerprint density at radius 1 is 1.45 bits per heavy atom. The van der Waals surface area contributed by atoms with Gasteiger partial charge in [-0.05, 0) is 48.9 Å². The molecule has 1 aliphatic rings. The molecule has 1 aliphatic heterocycles. The third kappa shape index (κ3) is 2.59. The zero-order valence-electron chi connectivity index (χ0n) is 13.1. The molecule has 116 valence electrons. The Labute approximate surface area is 130 Å². The van der Waals surface area contributed by atoms with E-state index < -0.39 is 0 Å². The number of carbonyl (C=O) groups is 2. The van der Waals surface area contributed by atoms with Crippen molar-refractivity contribution in [3.05, 3.63) is 35.5 Å². The first-order valence-corrected chi connectivity index (χ1v) is 7.97. The van der Waals surface area contributed by atoms with E-state index in [0.29, 0.717) is 24.7 Å². The molecular formula is C18H22N2O2. The second kappa shape index (κ2) is 6.05. The molecule has 1 aromatic carbocycles. The van der Waals surface area contributed by atoms with Gasteiger partial charge in [-0.1, -0.05) is 13.0 Å². The van der Waals surface area contributed by atoms with Crippen molar-refractivity contribution in [2.45, 2.75) is 44.6 Å². The summed E-state index contributed by atoms with van der Waals surface area (Å²) in [5.74, 6) is -0.166. The Hall–Kier alpha value is -1.94. The Morgan fingerprint density at radius 3 is 2.91 bits per heavy atom. The van der Waals surface area contributed by atoms with Gasteiger partial charge in [0.1, 0.15) is 0 Å². The number of rotatable bonds is 5. The quantitative estimate of drug-likeness (QED) is 0.659. The summed E-state index contributed by atoms with van der Waals surface area (Å²) in [5.41, 5.74) is 3.33. The number of fused-ring (bicyclic) bond motifs is 1. The van der Waals surface area contributed by atoms with Crippen LogP contribution in [0.15, 0.2) is 24.4 Å². The minimum Gasteiger partial charge on any atom is -0.361 e. The molecule has 0 amide bonds. The summed E-state index contributed by atoms with van der Waals surface area (Å²) in [6.07, 6.45) is 4.30. The summed E-state index contributed by atoms with van der Waals surface area (Å²) in [6.45, 7) is 5.13. The fraction of sp³-hybridized carbons (Fsp3) is 0.444. The van der Waals surface area contributed by atoms with E-state index in [0.717, 1.165) is 24.0 Å². The highest BCUT2D eigenvalue weighted by Gasteiger charge is 2.25. The number of ketones is 1. The van der Waals surface area contributed by atoms with E-state index >= 15 is 0 Å². The number of carbonyl (C=O) groups excluding carboxylic acids is 2. The molecule has 0 aliphatic carbocycles. The van der Waals surface area contributed by atoms with Gasteiger partial charge in [-0.2, -0.15) is 0 Å². The van der Waals surface area contributed by atoms with Crippen LogP contribution in [0.2, 0.25) is 0 Å². The molecule has 1 aromatic heterocycles. The SMILES string of the molecule is CCC(C(=O)C=O)c1ccc2[nH]cc(C3CNC(C)C3)c2c1. The zero-order chi connectivity index (χ0) is 15.7. The van der Waals surface area contributed by atoms with Gasteiger partial charge in [0.15, 0.2) is 6.29 Å². The van der Waals surface area contributed by atoms with Crippen LogP contribution in [0.3, 0.4) is 0 Å². The lowest BCUT2D eigenvalue weighted by atomic mass is 9.90. The van der Waals surface area contributed by atoms with Crippen LogP contribution >= 0.6 is 0 Å². The molecule has 3 atom stereocenters. The van der Waals surface area contributed by atoms with Crippen molar-refractivity contribution in [2.75, 3.05) is 6.54 Å². The average Bonchev–Trinajstić information content (AvgIpc) is 3.13. The second-order valence-corrected chi connectivity index (χ2v) is 6.27. The summed E-state index contributed by atoms with van der Waals surface area (Å²) >= 11 is 0. The highest BCUT2D eigenvalue weighted by Crippen LogP contribution is 2.33. The molecule has 1 saturated heterocycles. The molecule has 0 saturated carbocycles. The van der Waals surface area contributed by atoms with Crippen LogP contribution in [0.1, 0.15) is 49.7 Å². The number of aldehydes is 1. The first kappa shape index (κ1) is 15.0. The van der Waals surface area contributed by atoms with Gasteiger partial charge >= 0.3 is 0 Å². The molecule has 0 radical (unpaired) electrons. The molecule has 2 N–H and O–H groups in total. The maximum Gasteiger partial charge on any atom is 0.202 e. The highest BCUT2D eigenvalue weighted by atomic mass is 16.2. The smallest absolute Gasteiger partial charge is 0.202 e.